The first-order valence-corrected chi connectivity index (χ1v) is 8.62. The standard InChI is InChI=1S/C19H20N4O3/c1-12-19(25)23(18-15(26-12)6-7-16(20)21-18)11-17(24)22-9-8-13-4-2-3-5-14(13)10-22/h2-7,12H,8-11H2,1H3,(H2,20,21). The summed E-state index contributed by atoms with van der Waals surface area (Å²) in [5, 5.41) is 0. The van der Waals surface area contributed by atoms with Gasteiger partial charge in [-0.3, -0.25) is 14.5 Å². The van der Waals surface area contributed by atoms with E-state index in [-0.39, 0.29) is 24.2 Å². The number of aromatic nitrogens is 1. The summed E-state index contributed by atoms with van der Waals surface area (Å²) in [5.74, 6) is 0.638. The Morgan fingerprint density at radius 2 is 2.04 bits per heavy atom. The van der Waals surface area contributed by atoms with E-state index in [0.717, 1.165) is 12.0 Å². The maximum atomic E-state index is 12.9. The van der Waals surface area contributed by atoms with Gasteiger partial charge in [-0.2, -0.15) is 0 Å². The van der Waals surface area contributed by atoms with Crippen molar-refractivity contribution in [3.05, 3.63) is 47.5 Å². The number of carbonyl (C=O) groups excluding carboxylic acids is 2. The summed E-state index contributed by atoms with van der Waals surface area (Å²) < 4.78 is 5.57. The summed E-state index contributed by atoms with van der Waals surface area (Å²) in [6.45, 7) is 2.79. The lowest BCUT2D eigenvalue weighted by Gasteiger charge is -2.34. The lowest BCUT2D eigenvalue weighted by molar-refractivity contribution is -0.133. The van der Waals surface area contributed by atoms with E-state index >= 15 is 0 Å². The molecule has 0 aliphatic carbocycles. The summed E-state index contributed by atoms with van der Waals surface area (Å²) in [5.41, 5.74) is 8.17. The number of amides is 2. The number of fused-ring (bicyclic) bond motifs is 2. The van der Waals surface area contributed by atoms with Gasteiger partial charge in [-0.1, -0.05) is 24.3 Å². The highest BCUT2D eigenvalue weighted by molar-refractivity contribution is 6.03. The van der Waals surface area contributed by atoms with Crippen molar-refractivity contribution in [3.63, 3.8) is 0 Å². The van der Waals surface area contributed by atoms with Gasteiger partial charge in [0.1, 0.15) is 12.4 Å². The van der Waals surface area contributed by atoms with Crippen LogP contribution in [0.2, 0.25) is 0 Å². The first-order valence-electron chi connectivity index (χ1n) is 8.62. The van der Waals surface area contributed by atoms with Crippen LogP contribution < -0.4 is 15.4 Å². The molecule has 2 amide bonds. The average Bonchev–Trinajstić information content (AvgIpc) is 2.65. The molecule has 134 valence electrons. The van der Waals surface area contributed by atoms with Gasteiger partial charge in [-0.15, -0.1) is 0 Å². The van der Waals surface area contributed by atoms with Gasteiger partial charge in [0, 0.05) is 13.1 Å². The molecule has 2 aliphatic heterocycles. The van der Waals surface area contributed by atoms with E-state index < -0.39 is 6.10 Å². The van der Waals surface area contributed by atoms with Crippen molar-refractivity contribution in [1.82, 2.24) is 9.88 Å². The number of hydrogen-bond donors (Lipinski definition) is 1. The summed E-state index contributed by atoms with van der Waals surface area (Å²) in [6, 6.07) is 11.4. The second kappa shape index (κ2) is 6.33. The Bertz CT molecular complexity index is 883. The summed E-state index contributed by atoms with van der Waals surface area (Å²) >= 11 is 0. The topological polar surface area (TPSA) is 88.8 Å². The molecule has 1 aromatic heterocycles. The van der Waals surface area contributed by atoms with E-state index in [0.29, 0.717) is 24.7 Å². The van der Waals surface area contributed by atoms with E-state index in [1.54, 1.807) is 24.0 Å². The minimum absolute atomic E-state index is 0.0713. The first-order chi connectivity index (χ1) is 12.5. The van der Waals surface area contributed by atoms with Crippen molar-refractivity contribution in [3.8, 4) is 5.75 Å². The fourth-order valence-electron chi connectivity index (χ4n) is 3.40. The van der Waals surface area contributed by atoms with E-state index in [9.17, 15) is 9.59 Å². The zero-order valence-corrected chi connectivity index (χ0v) is 14.5. The van der Waals surface area contributed by atoms with Crippen LogP contribution >= 0.6 is 0 Å². The number of rotatable bonds is 2. The van der Waals surface area contributed by atoms with E-state index in [1.165, 1.54) is 10.5 Å². The molecule has 2 aromatic rings. The fourth-order valence-corrected chi connectivity index (χ4v) is 3.40. The number of carbonyl (C=O) groups is 2. The molecule has 2 aliphatic rings. The Morgan fingerprint density at radius 3 is 2.85 bits per heavy atom. The maximum absolute atomic E-state index is 12.9. The number of ether oxygens (including phenoxy) is 1. The molecule has 0 fully saturated rings. The number of nitrogen functional groups attached to an aromatic ring is 1. The maximum Gasteiger partial charge on any atom is 0.269 e. The van der Waals surface area contributed by atoms with Crippen LogP contribution in [0.3, 0.4) is 0 Å². The van der Waals surface area contributed by atoms with Crippen molar-refractivity contribution in [2.75, 3.05) is 23.7 Å². The Balaban J connectivity index is 1.56. The van der Waals surface area contributed by atoms with Crippen LogP contribution in [0.1, 0.15) is 18.1 Å². The van der Waals surface area contributed by atoms with Gasteiger partial charge < -0.3 is 15.4 Å². The molecular formula is C19H20N4O3. The van der Waals surface area contributed by atoms with Crippen LogP contribution in [-0.4, -0.2) is 40.9 Å². The summed E-state index contributed by atoms with van der Waals surface area (Å²) in [4.78, 5) is 32.8. The molecule has 1 atom stereocenters. The molecule has 4 rings (SSSR count). The Hall–Kier alpha value is -3.09. The molecule has 1 unspecified atom stereocenters. The van der Waals surface area contributed by atoms with Crippen LogP contribution in [-0.2, 0) is 22.6 Å². The zero-order valence-electron chi connectivity index (χ0n) is 14.5. The smallest absolute Gasteiger partial charge is 0.269 e. The SMILES string of the molecule is CC1Oc2ccc(N)nc2N(CC(=O)N2CCc3ccccc3C2)C1=O. The minimum atomic E-state index is -0.664. The van der Waals surface area contributed by atoms with Gasteiger partial charge >= 0.3 is 0 Å². The predicted molar refractivity (Wildman–Crippen MR) is 96.7 cm³/mol. The van der Waals surface area contributed by atoms with Gasteiger partial charge in [0.05, 0.1) is 0 Å². The molecule has 0 saturated heterocycles. The Labute approximate surface area is 151 Å². The Kier molecular flexibility index (Phi) is 3.99. The molecule has 0 saturated carbocycles. The average molecular weight is 352 g/mol. The van der Waals surface area contributed by atoms with Gasteiger partial charge in [0.25, 0.3) is 5.91 Å². The largest absolute Gasteiger partial charge is 0.477 e. The second-order valence-electron chi connectivity index (χ2n) is 6.58. The van der Waals surface area contributed by atoms with Gasteiger partial charge in [0.15, 0.2) is 17.7 Å². The molecule has 0 radical (unpaired) electrons. The first kappa shape index (κ1) is 16.4. The quantitative estimate of drug-likeness (QED) is 0.882. The zero-order chi connectivity index (χ0) is 18.3. The van der Waals surface area contributed by atoms with Crippen molar-refractivity contribution in [2.45, 2.75) is 26.0 Å². The molecule has 3 heterocycles. The molecule has 7 heteroatoms. The van der Waals surface area contributed by atoms with Crippen LogP contribution in [0.4, 0.5) is 11.6 Å². The van der Waals surface area contributed by atoms with E-state index in [4.69, 9.17) is 10.5 Å². The molecule has 26 heavy (non-hydrogen) atoms. The molecule has 0 bridgehead atoms. The lowest BCUT2D eigenvalue weighted by atomic mass is 10.00. The minimum Gasteiger partial charge on any atom is -0.477 e. The van der Waals surface area contributed by atoms with Gasteiger partial charge in [-0.05, 0) is 36.6 Å². The third-order valence-electron chi connectivity index (χ3n) is 4.81. The highest BCUT2D eigenvalue weighted by Crippen LogP contribution is 2.33. The summed E-state index contributed by atoms with van der Waals surface area (Å²) in [7, 11) is 0. The number of nitrogens with zero attached hydrogens (tertiary/aromatic N) is 3. The van der Waals surface area contributed by atoms with Crippen molar-refractivity contribution < 1.29 is 14.3 Å². The highest BCUT2D eigenvalue weighted by atomic mass is 16.5. The Morgan fingerprint density at radius 1 is 1.27 bits per heavy atom. The number of hydrogen-bond acceptors (Lipinski definition) is 5. The lowest BCUT2D eigenvalue weighted by Crippen LogP contribution is -2.50. The van der Waals surface area contributed by atoms with Gasteiger partial charge in [0.2, 0.25) is 5.91 Å². The molecular weight excluding hydrogens is 332 g/mol. The third kappa shape index (κ3) is 2.85. The molecule has 0 spiro atoms. The number of anilines is 2. The number of benzene rings is 1. The second-order valence-corrected chi connectivity index (χ2v) is 6.58. The monoisotopic (exact) mass is 352 g/mol. The number of nitrogens with two attached hydrogens (primary N) is 1. The van der Waals surface area contributed by atoms with Crippen LogP contribution in [0, 0.1) is 0 Å². The third-order valence-corrected chi connectivity index (χ3v) is 4.81. The normalized spacial score (nSPS) is 18.8. The highest BCUT2D eigenvalue weighted by Gasteiger charge is 2.35. The van der Waals surface area contributed by atoms with Crippen LogP contribution in [0.15, 0.2) is 36.4 Å². The predicted octanol–water partition coefficient (Wildman–Crippen LogP) is 1.36. The van der Waals surface area contributed by atoms with Crippen molar-refractivity contribution in [1.29, 1.82) is 0 Å². The summed E-state index contributed by atoms with van der Waals surface area (Å²) in [6.07, 6.45) is 0.153. The molecule has 1 aromatic carbocycles. The van der Waals surface area contributed by atoms with Crippen molar-refractivity contribution >= 4 is 23.5 Å². The fraction of sp³-hybridized carbons (Fsp3) is 0.316. The van der Waals surface area contributed by atoms with Crippen LogP contribution in [0.5, 0.6) is 5.75 Å². The van der Waals surface area contributed by atoms with Gasteiger partial charge in [-0.25, -0.2) is 4.98 Å². The van der Waals surface area contributed by atoms with Crippen molar-refractivity contribution in [2.24, 2.45) is 0 Å². The van der Waals surface area contributed by atoms with Crippen LogP contribution in [0.25, 0.3) is 0 Å². The number of pyridine rings is 1. The molecule has 7 nitrogen and oxygen atoms in total. The van der Waals surface area contributed by atoms with E-state index in [2.05, 4.69) is 11.1 Å². The molecule has 2 N–H and O–H groups in total. The van der Waals surface area contributed by atoms with E-state index in [1.807, 2.05) is 18.2 Å².